The Bertz CT molecular complexity index is 498. The minimum atomic E-state index is -4.74. The Hall–Kier alpha value is -1.43. The molecule has 0 spiro atoms. The molecular formula is C13H13F4NO. The monoisotopic (exact) mass is 275 g/mol. The molecule has 0 aliphatic carbocycles. The molecule has 1 fully saturated rings. The number of rotatable bonds is 2. The lowest BCUT2D eigenvalue weighted by molar-refractivity contribution is -0.140. The number of nitrogens with one attached hydrogen (secondary N) is 1. The van der Waals surface area contributed by atoms with Gasteiger partial charge in [0.1, 0.15) is 5.82 Å². The van der Waals surface area contributed by atoms with E-state index in [0.717, 1.165) is 6.07 Å². The molecule has 2 atom stereocenters. The third kappa shape index (κ3) is 2.78. The van der Waals surface area contributed by atoms with Gasteiger partial charge in [-0.1, -0.05) is 13.0 Å². The molecular weight excluding hydrogens is 262 g/mol. The molecule has 1 heterocycles. The maximum atomic E-state index is 13.4. The van der Waals surface area contributed by atoms with Gasteiger partial charge in [0, 0.05) is 18.0 Å². The van der Waals surface area contributed by atoms with E-state index in [1.807, 2.05) is 6.92 Å². The number of hydrogen-bond donors (Lipinski definition) is 1. The first-order chi connectivity index (χ1) is 8.80. The van der Waals surface area contributed by atoms with E-state index in [9.17, 15) is 22.4 Å². The number of hydrogen-bond acceptors (Lipinski definition) is 2. The van der Waals surface area contributed by atoms with Crippen LogP contribution < -0.4 is 5.32 Å². The van der Waals surface area contributed by atoms with Gasteiger partial charge in [-0.3, -0.25) is 4.79 Å². The Morgan fingerprint density at radius 3 is 2.47 bits per heavy atom. The van der Waals surface area contributed by atoms with Gasteiger partial charge in [0.25, 0.3) is 0 Å². The third-order valence-corrected chi connectivity index (χ3v) is 3.41. The average molecular weight is 275 g/mol. The van der Waals surface area contributed by atoms with Crippen LogP contribution in [0.1, 0.15) is 22.8 Å². The van der Waals surface area contributed by atoms with E-state index >= 15 is 0 Å². The highest BCUT2D eigenvalue weighted by Crippen LogP contribution is 2.32. The fourth-order valence-corrected chi connectivity index (χ4v) is 2.27. The second-order valence-corrected chi connectivity index (χ2v) is 4.80. The maximum absolute atomic E-state index is 13.4. The summed E-state index contributed by atoms with van der Waals surface area (Å²) in [6.45, 7) is 3.03. The predicted molar refractivity (Wildman–Crippen MR) is 61.3 cm³/mol. The largest absolute Gasteiger partial charge is 0.419 e. The lowest BCUT2D eigenvalue weighted by Crippen LogP contribution is -2.22. The zero-order valence-corrected chi connectivity index (χ0v) is 10.2. The molecule has 1 N–H and O–H groups in total. The van der Waals surface area contributed by atoms with Crippen LogP contribution in [0.25, 0.3) is 0 Å². The highest BCUT2D eigenvalue weighted by atomic mass is 19.4. The van der Waals surface area contributed by atoms with Crippen molar-refractivity contribution in [2.24, 2.45) is 11.8 Å². The molecule has 0 bridgehead atoms. The van der Waals surface area contributed by atoms with Crippen molar-refractivity contribution < 1.29 is 22.4 Å². The number of ketones is 1. The summed E-state index contributed by atoms with van der Waals surface area (Å²) in [5.41, 5.74) is -1.35. The molecule has 1 aliphatic rings. The van der Waals surface area contributed by atoms with Crippen LogP contribution in [0.3, 0.4) is 0 Å². The smallest absolute Gasteiger partial charge is 0.316 e. The third-order valence-electron chi connectivity index (χ3n) is 3.41. The fraction of sp³-hybridized carbons (Fsp3) is 0.462. The van der Waals surface area contributed by atoms with Gasteiger partial charge in [0.05, 0.1) is 5.56 Å². The van der Waals surface area contributed by atoms with Gasteiger partial charge in [-0.2, -0.15) is 13.2 Å². The van der Waals surface area contributed by atoms with E-state index in [1.165, 1.54) is 0 Å². The molecule has 104 valence electrons. The van der Waals surface area contributed by atoms with Crippen LogP contribution >= 0.6 is 0 Å². The zero-order valence-electron chi connectivity index (χ0n) is 10.2. The Labute approximate surface area is 107 Å². The number of carbonyl (C=O) groups is 1. The molecule has 2 rings (SSSR count). The van der Waals surface area contributed by atoms with Crippen LogP contribution in [0, 0.1) is 17.7 Å². The number of carbonyl (C=O) groups excluding carboxylic acids is 1. The van der Waals surface area contributed by atoms with Crippen LogP contribution in [0.2, 0.25) is 0 Å². The first-order valence-corrected chi connectivity index (χ1v) is 5.92. The fourth-order valence-electron chi connectivity index (χ4n) is 2.27. The summed E-state index contributed by atoms with van der Waals surface area (Å²) in [6.07, 6.45) is -4.74. The molecule has 1 aromatic rings. The van der Waals surface area contributed by atoms with Gasteiger partial charge in [0.15, 0.2) is 5.78 Å². The van der Waals surface area contributed by atoms with Gasteiger partial charge in [0.2, 0.25) is 0 Å². The van der Waals surface area contributed by atoms with E-state index in [4.69, 9.17) is 0 Å². The molecule has 0 aromatic heterocycles. The normalized spacial score (nSPS) is 23.6. The van der Waals surface area contributed by atoms with Gasteiger partial charge < -0.3 is 5.32 Å². The summed E-state index contributed by atoms with van der Waals surface area (Å²) in [5.74, 6) is -1.93. The van der Waals surface area contributed by atoms with Crippen molar-refractivity contribution in [2.45, 2.75) is 13.1 Å². The van der Waals surface area contributed by atoms with Crippen molar-refractivity contribution in [2.75, 3.05) is 13.1 Å². The van der Waals surface area contributed by atoms with Crippen LogP contribution in [0.4, 0.5) is 17.6 Å². The van der Waals surface area contributed by atoms with E-state index in [-0.39, 0.29) is 23.2 Å². The Morgan fingerprint density at radius 1 is 1.32 bits per heavy atom. The molecule has 0 amide bonds. The van der Waals surface area contributed by atoms with E-state index in [0.29, 0.717) is 25.2 Å². The highest BCUT2D eigenvalue weighted by molar-refractivity contribution is 5.98. The quantitative estimate of drug-likeness (QED) is 0.664. The molecule has 2 nitrogen and oxygen atoms in total. The van der Waals surface area contributed by atoms with E-state index in [1.54, 1.807) is 0 Å². The summed E-state index contributed by atoms with van der Waals surface area (Å²) in [5, 5.41) is 3.03. The lowest BCUT2D eigenvalue weighted by atomic mass is 9.89. The molecule has 1 aromatic carbocycles. The molecule has 6 heteroatoms. The first-order valence-electron chi connectivity index (χ1n) is 5.92. The average Bonchev–Trinajstić information content (AvgIpc) is 2.72. The Kier molecular flexibility index (Phi) is 3.62. The minimum absolute atomic E-state index is 0.00829. The van der Waals surface area contributed by atoms with Gasteiger partial charge in [-0.05, 0) is 24.6 Å². The summed E-state index contributed by atoms with van der Waals surface area (Å²) >= 11 is 0. The minimum Gasteiger partial charge on any atom is -0.316 e. The standard InChI is InChI=1S/C13H13F4NO/c1-7-5-18-6-9(7)12(19)8-2-3-10(11(14)4-8)13(15,16)17/h2-4,7,9,18H,5-6H2,1H3. The first kappa shape index (κ1) is 14.0. The molecule has 1 aliphatic heterocycles. The second-order valence-electron chi connectivity index (χ2n) is 4.80. The van der Waals surface area contributed by atoms with Gasteiger partial charge in [-0.15, -0.1) is 0 Å². The molecule has 0 saturated carbocycles. The van der Waals surface area contributed by atoms with Crippen LogP contribution in [-0.4, -0.2) is 18.9 Å². The summed E-state index contributed by atoms with van der Waals surface area (Å²) in [7, 11) is 0. The summed E-state index contributed by atoms with van der Waals surface area (Å²) in [6, 6.07) is 2.34. The molecule has 1 saturated heterocycles. The summed E-state index contributed by atoms with van der Waals surface area (Å²) in [4.78, 5) is 12.1. The topological polar surface area (TPSA) is 29.1 Å². The zero-order chi connectivity index (χ0) is 14.2. The predicted octanol–water partition coefficient (Wildman–Crippen LogP) is 2.88. The van der Waals surface area contributed by atoms with Crippen molar-refractivity contribution in [3.8, 4) is 0 Å². The van der Waals surface area contributed by atoms with Crippen LogP contribution in [-0.2, 0) is 6.18 Å². The van der Waals surface area contributed by atoms with Crippen LogP contribution in [0.15, 0.2) is 18.2 Å². The number of Topliss-reactive ketones (excluding diaryl/α,β-unsaturated/α-hetero) is 1. The Morgan fingerprint density at radius 2 is 2.00 bits per heavy atom. The highest BCUT2D eigenvalue weighted by Gasteiger charge is 2.35. The molecule has 2 unspecified atom stereocenters. The van der Waals surface area contributed by atoms with E-state index < -0.39 is 17.6 Å². The van der Waals surface area contributed by atoms with Crippen molar-refractivity contribution in [3.05, 3.63) is 35.1 Å². The summed E-state index contributed by atoms with van der Waals surface area (Å²) < 4.78 is 50.6. The number of alkyl halides is 3. The SMILES string of the molecule is CC1CNCC1C(=O)c1ccc(C(F)(F)F)c(F)c1. The van der Waals surface area contributed by atoms with Crippen molar-refractivity contribution >= 4 is 5.78 Å². The van der Waals surface area contributed by atoms with Crippen molar-refractivity contribution in [3.63, 3.8) is 0 Å². The Balaban J connectivity index is 2.27. The van der Waals surface area contributed by atoms with Crippen LogP contribution in [0.5, 0.6) is 0 Å². The van der Waals surface area contributed by atoms with E-state index in [2.05, 4.69) is 5.32 Å². The lowest BCUT2D eigenvalue weighted by Gasteiger charge is -2.14. The molecule has 19 heavy (non-hydrogen) atoms. The number of benzene rings is 1. The van der Waals surface area contributed by atoms with Crippen molar-refractivity contribution in [1.29, 1.82) is 0 Å². The maximum Gasteiger partial charge on any atom is 0.419 e. The second kappa shape index (κ2) is 4.92. The van der Waals surface area contributed by atoms with Gasteiger partial charge in [-0.25, -0.2) is 4.39 Å². The molecule has 0 radical (unpaired) electrons. The number of halogens is 4. The van der Waals surface area contributed by atoms with Gasteiger partial charge >= 0.3 is 6.18 Å². The van der Waals surface area contributed by atoms with Crippen molar-refractivity contribution in [1.82, 2.24) is 5.32 Å².